The van der Waals surface area contributed by atoms with Gasteiger partial charge in [-0.25, -0.2) is 4.98 Å². The van der Waals surface area contributed by atoms with Crippen molar-refractivity contribution in [1.29, 1.82) is 0 Å². The first-order valence-electron chi connectivity index (χ1n) is 5.34. The number of aliphatic hydroxyl groups is 1. The van der Waals surface area contributed by atoms with Crippen LogP contribution in [-0.2, 0) is 0 Å². The average Bonchev–Trinajstić information content (AvgIpc) is 2.90. The zero-order valence-corrected chi connectivity index (χ0v) is 8.70. The molecular weight excluding hydrogens is 187 g/mol. The lowest BCUT2D eigenvalue weighted by Gasteiger charge is -1.99. The van der Waals surface area contributed by atoms with Crippen molar-refractivity contribution in [2.75, 3.05) is 6.61 Å². The number of nitrogens with one attached hydrogen (secondary N) is 1. The molecule has 0 aliphatic heterocycles. The van der Waals surface area contributed by atoms with Crippen molar-refractivity contribution in [2.24, 2.45) is 5.92 Å². The molecule has 1 aliphatic rings. The van der Waals surface area contributed by atoms with Gasteiger partial charge in [0, 0.05) is 24.4 Å². The molecule has 2 aromatic rings. The molecule has 0 aromatic carbocycles. The number of aromatic nitrogens is 2. The summed E-state index contributed by atoms with van der Waals surface area (Å²) in [6.07, 6.45) is 4.98. The van der Waals surface area contributed by atoms with Crippen molar-refractivity contribution in [3.05, 3.63) is 24.0 Å². The summed E-state index contributed by atoms with van der Waals surface area (Å²) in [5.41, 5.74) is 3.56. The Bertz CT molecular complexity index is 508. The quantitative estimate of drug-likeness (QED) is 0.666. The Hall–Kier alpha value is -1.29. The second kappa shape index (κ2) is 3.10. The molecule has 0 saturated heterocycles. The third kappa shape index (κ3) is 1.28. The average molecular weight is 200 g/mol. The first-order chi connectivity index (χ1) is 7.31. The molecule has 3 rings (SSSR count). The van der Waals surface area contributed by atoms with E-state index in [1.165, 1.54) is 16.4 Å². The second-order valence-electron chi connectivity index (χ2n) is 4.38. The van der Waals surface area contributed by atoms with Crippen molar-refractivity contribution >= 4 is 24.3 Å². The molecule has 0 bridgehead atoms. The van der Waals surface area contributed by atoms with Gasteiger partial charge in [-0.3, -0.25) is 0 Å². The third-order valence-electron chi connectivity index (χ3n) is 3.37. The number of hydrogen-bond acceptors (Lipinski definition) is 2. The highest BCUT2D eigenvalue weighted by Crippen LogP contribution is 2.48. The van der Waals surface area contributed by atoms with E-state index in [9.17, 15) is 0 Å². The highest BCUT2D eigenvalue weighted by atomic mass is 16.3. The van der Waals surface area contributed by atoms with Crippen LogP contribution in [0.25, 0.3) is 11.0 Å². The molecule has 15 heavy (non-hydrogen) atoms. The molecule has 76 valence electrons. The number of rotatable bonds is 2. The minimum Gasteiger partial charge on any atom is -0.396 e. The second-order valence-corrected chi connectivity index (χ2v) is 4.38. The Balaban J connectivity index is 2.12. The van der Waals surface area contributed by atoms with E-state index in [-0.39, 0.29) is 0 Å². The van der Waals surface area contributed by atoms with Gasteiger partial charge >= 0.3 is 0 Å². The molecule has 3 nitrogen and oxygen atoms in total. The van der Waals surface area contributed by atoms with Gasteiger partial charge in [0.05, 0.1) is 0 Å². The molecule has 1 saturated carbocycles. The van der Waals surface area contributed by atoms with E-state index >= 15 is 0 Å². The Morgan fingerprint density at radius 1 is 1.60 bits per heavy atom. The Morgan fingerprint density at radius 3 is 3.20 bits per heavy atom. The topological polar surface area (TPSA) is 48.9 Å². The van der Waals surface area contributed by atoms with Crippen molar-refractivity contribution in [3.8, 4) is 0 Å². The molecule has 2 heterocycles. The smallest absolute Gasteiger partial charge is 0.140 e. The Kier molecular flexibility index (Phi) is 1.86. The van der Waals surface area contributed by atoms with Crippen LogP contribution in [0.5, 0.6) is 0 Å². The molecule has 1 fully saturated rings. The predicted octanol–water partition coefficient (Wildman–Crippen LogP) is -0.0829. The maximum atomic E-state index is 9.09. The van der Waals surface area contributed by atoms with E-state index < -0.39 is 0 Å². The van der Waals surface area contributed by atoms with Gasteiger partial charge in [0.25, 0.3) is 0 Å². The summed E-state index contributed by atoms with van der Waals surface area (Å²) in [4.78, 5) is 7.51. The standard InChI is InChI=1S/C11H13BN2O/c12-9-1-2-13-11-10(9)8(4-14-11)7-3-6(7)5-15/h1-2,4,6-7,15H,3,5,12H2,(H,13,14). The summed E-state index contributed by atoms with van der Waals surface area (Å²) >= 11 is 0. The number of fused-ring (bicyclic) bond motifs is 1. The molecule has 0 spiro atoms. The van der Waals surface area contributed by atoms with Crippen LogP contribution in [0.1, 0.15) is 17.9 Å². The van der Waals surface area contributed by atoms with Gasteiger partial charge in [-0.1, -0.05) is 5.46 Å². The van der Waals surface area contributed by atoms with Crippen molar-refractivity contribution in [2.45, 2.75) is 12.3 Å². The van der Waals surface area contributed by atoms with E-state index in [1.807, 2.05) is 18.5 Å². The van der Waals surface area contributed by atoms with Gasteiger partial charge in [-0.15, -0.1) is 0 Å². The Labute approximate surface area is 88.9 Å². The van der Waals surface area contributed by atoms with E-state index in [0.29, 0.717) is 18.4 Å². The van der Waals surface area contributed by atoms with Crippen LogP contribution in [0.3, 0.4) is 0 Å². The maximum Gasteiger partial charge on any atom is 0.140 e. The van der Waals surface area contributed by atoms with Crippen molar-refractivity contribution < 1.29 is 5.11 Å². The molecule has 2 N–H and O–H groups in total. The van der Waals surface area contributed by atoms with Crippen LogP contribution in [0.4, 0.5) is 0 Å². The van der Waals surface area contributed by atoms with Crippen LogP contribution < -0.4 is 5.46 Å². The fourth-order valence-corrected chi connectivity index (χ4v) is 2.37. The summed E-state index contributed by atoms with van der Waals surface area (Å²) in [5, 5.41) is 10.3. The molecule has 0 amide bonds. The summed E-state index contributed by atoms with van der Waals surface area (Å²) in [6, 6.07) is 2.04. The number of hydrogen-bond donors (Lipinski definition) is 2. The summed E-state index contributed by atoms with van der Waals surface area (Å²) in [7, 11) is 2.11. The van der Waals surface area contributed by atoms with Crippen LogP contribution in [-0.4, -0.2) is 29.5 Å². The lowest BCUT2D eigenvalue weighted by molar-refractivity contribution is 0.274. The third-order valence-corrected chi connectivity index (χ3v) is 3.37. The number of H-pyrrole nitrogens is 1. The molecule has 2 aromatic heterocycles. The van der Waals surface area contributed by atoms with Gasteiger partial charge in [-0.2, -0.15) is 0 Å². The van der Waals surface area contributed by atoms with Gasteiger partial charge in [0.15, 0.2) is 0 Å². The van der Waals surface area contributed by atoms with Crippen LogP contribution in [0.15, 0.2) is 18.5 Å². The zero-order chi connectivity index (χ0) is 10.4. The number of aliphatic hydroxyl groups excluding tert-OH is 1. The minimum absolute atomic E-state index is 0.302. The van der Waals surface area contributed by atoms with Crippen molar-refractivity contribution in [3.63, 3.8) is 0 Å². The molecule has 2 atom stereocenters. The van der Waals surface area contributed by atoms with Gasteiger partial charge in [-0.05, 0) is 29.9 Å². The maximum absolute atomic E-state index is 9.09. The number of pyridine rings is 1. The SMILES string of the molecule is Bc1ccnc2[nH]cc(C3CC3CO)c12. The van der Waals surface area contributed by atoms with E-state index in [2.05, 4.69) is 17.8 Å². The fraction of sp³-hybridized carbons (Fsp3) is 0.364. The molecule has 0 radical (unpaired) electrons. The predicted molar refractivity (Wildman–Crippen MR) is 62.2 cm³/mol. The molecule has 1 aliphatic carbocycles. The lowest BCUT2D eigenvalue weighted by atomic mass is 9.91. The first kappa shape index (κ1) is 8.98. The summed E-state index contributed by atoms with van der Waals surface area (Å²) in [6.45, 7) is 0.302. The first-order valence-corrected chi connectivity index (χ1v) is 5.34. The lowest BCUT2D eigenvalue weighted by Crippen LogP contribution is -2.04. The van der Waals surface area contributed by atoms with E-state index in [0.717, 1.165) is 12.1 Å². The zero-order valence-electron chi connectivity index (χ0n) is 8.70. The molecular formula is C11H13BN2O. The highest BCUT2D eigenvalue weighted by Gasteiger charge is 2.39. The largest absolute Gasteiger partial charge is 0.396 e. The monoisotopic (exact) mass is 200 g/mol. The van der Waals surface area contributed by atoms with Gasteiger partial charge in [0.1, 0.15) is 13.5 Å². The van der Waals surface area contributed by atoms with Gasteiger partial charge < -0.3 is 10.1 Å². The number of aromatic amines is 1. The van der Waals surface area contributed by atoms with E-state index in [1.54, 1.807) is 0 Å². The summed E-state index contributed by atoms with van der Waals surface area (Å²) in [5.74, 6) is 0.996. The van der Waals surface area contributed by atoms with Crippen molar-refractivity contribution in [1.82, 2.24) is 9.97 Å². The van der Waals surface area contributed by atoms with E-state index in [4.69, 9.17) is 5.11 Å². The molecule has 4 heteroatoms. The van der Waals surface area contributed by atoms with Crippen LogP contribution >= 0.6 is 0 Å². The summed E-state index contributed by atoms with van der Waals surface area (Å²) < 4.78 is 0. The number of nitrogens with zero attached hydrogens (tertiary/aromatic N) is 1. The normalized spacial score (nSPS) is 24.6. The molecule has 2 unspecified atom stereocenters. The van der Waals surface area contributed by atoms with Crippen LogP contribution in [0.2, 0.25) is 0 Å². The highest BCUT2D eigenvalue weighted by molar-refractivity contribution is 6.38. The minimum atomic E-state index is 0.302. The fourth-order valence-electron chi connectivity index (χ4n) is 2.37. The van der Waals surface area contributed by atoms with Gasteiger partial charge in [0.2, 0.25) is 0 Å². The Morgan fingerprint density at radius 2 is 2.47 bits per heavy atom. The van der Waals surface area contributed by atoms with Crippen LogP contribution in [0, 0.1) is 5.92 Å².